The molecule has 1 unspecified atom stereocenters. The van der Waals surface area contributed by atoms with Crippen molar-refractivity contribution in [1.29, 1.82) is 0 Å². The number of carbonyl (C=O) groups excluding carboxylic acids is 3. The minimum Gasteiger partial charge on any atom is -0.351 e. The molecule has 4 rings (SSSR count). The van der Waals surface area contributed by atoms with Crippen LogP contribution in [0.15, 0.2) is 35.7 Å². The molecule has 2 heterocycles. The summed E-state index contributed by atoms with van der Waals surface area (Å²) in [7, 11) is 0. The monoisotopic (exact) mass is 482 g/mol. The Morgan fingerprint density at radius 2 is 1.97 bits per heavy atom. The minimum absolute atomic E-state index is 0.0924. The van der Waals surface area contributed by atoms with Gasteiger partial charge in [0.05, 0.1) is 16.3 Å². The lowest BCUT2D eigenvalue weighted by molar-refractivity contribution is -0.116. The number of nitrogens with zero attached hydrogens (tertiary/aromatic N) is 1. The molecule has 1 aromatic heterocycles. The number of nitrogens with one attached hydrogen (secondary N) is 2. The quantitative estimate of drug-likeness (QED) is 0.567. The molecule has 3 amide bonds. The summed E-state index contributed by atoms with van der Waals surface area (Å²) in [5.74, 6) is -0.177. The Bertz CT molecular complexity index is 1040. The van der Waals surface area contributed by atoms with Crippen LogP contribution in [0.5, 0.6) is 0 Å². The number of fused-ring (bicyclic) bond motifs is 1. The lowest BCUT2D eigenvalue weighted by atomic mass is 9.81. The van der Waals surface area contributed by atoms with Crippen molar-refractivity contribution in [2.24, 2.45) is 17.1 Å². The highest BCUT2D eigenvalue weighted by Gasteiger charge is 2.38. The molecule has 0 saturated heterocycles. The normalized spacial score (nSPS) is 19.2. The molecule has 1 atom stereocenters. The predicted molar refractivity (Wildman–Crippen MR) is 136 cm³/mol. The zero-order valence-corrected chi connectivity index (χ0v) is 20.7. The molecule has 2 aromatic rings. The number of hydrogen-bond acceptors (Lipinski definition) is 5. The molecular weight excluding hydrogens is 448 g/mol. The molecule has 1 saturated carbocycles. The summed E-state index contributed by atoms with van der Waals surface area (Å²) in [4.78, 5) is 42.0. The number of benzene rings is 1. The van der Waals surface area contributed by atoms with E-state index in [1.54, 1.807) is 18.2 Å². The van der Waals surface area contributed by atoms with Crippen molar-refractivity contribution in [3.05, 3.63) is 46.2 Å². The van der Waals surface area contributed by atoms with Crippen LogP contribution in [0.1, 0.15) is 72.4 Å². The maximum absolute atomic E-state index is 13.7. The lowest BCUT2D eigenvalue weighted by Gasteiger charge is -2.37. The van der Waals surface area contributed by atoms with E-state index in [4.69, 9.17) is 5.73 Å². The molecular formula is C26H34N4O3S. The molecule has 1 aliphatic carbocycles. The summed E-state index contributed by atoms with van der Waals surface area (Å²) >= 11 is 1.40. The van der Waals surface area contributed by atoms with Crippen molar-refractivity contribution in [1.82, 2.24) is 5.32 Å². The second-order valence-corrected chi connectivity index (χ2v) is 11.1. The third-order valence-corrected chi connectivity index (χ3v) is 7.80. The Morgan fingerprint density at radius 3 is 2.65 bits per heavy atom. The topological polar surface area (TPSA) is 105 Å². The maximum Gasteiger partial charge on any atom is 0.268 e. The molecule has 2 aliphatic rings. The molecule has 182 valence electrons. The molecule has 1 aromatic carbocycles. The van der Waals surface area contributed by atoms with E-state index in [2.05, 4.69) is 10.6 Å². The molecule has 4 N–H and O–H groups in total. The van der Waals surface area contributed by atoms with Crippen LogP contribution in [0.4, 0.5) is 11.4 Å². The highest BCUT2D eigenvalue weighted by molar-refractivity contribution is 7.12. The SMILES string of the molecule is CC(C)(CN)CNC(=O)c1ccc2c(c1)NC(=O)CC(C1CCCCC1)N2C(=O)c1cccs1. The van der Waals surface area contributed by atoms with Crippen molar-refractivity contribution in [2.75, 3.05) is 23.3 Å². The lowest BCUT2D eigenvalue weighted by Crippen LogP contribution is -2.45. The second-order valence-electron chi connectivity index (χ2n) is 10.2. The van der Waals surface area contributed by atoms with Crippen LogP contribution >= 0.6 is 11.3 Å². The third kappa shape index (κ3) is 5.33. The molecule has 34 heavy (non-hydrogen) atoms. The first-order chi connectivity index (χ1) is 16.3. The van der Waals surface area contributed by atoms with E-state index < -0.39 is 0 Å². The largest absolute Gasteiger partial charge is 0.351 e. The van der Waals surface area contributed by atoms with Crippen LogP contribution in [0.3, 0.4) is 0 Å². The Balaban J connectivity index is 1.69. The Hall–Kier alpha value is -2.71. The van der Waals surface area contributed by atoms with E-state index in [9.17, 15) is 14.4 Å². The smallest absolute Gasteiger partial charge is 0.268 e. The van der Waals surface area contributed by atoms with Crippen molar-refractivity contribution in [2.45, 2.75) is 58.4 Å². The summed E-state index contributed by atoms with van der Waals surface area (Å²) < 4.78 is 0. The number of thiophene rings is 1. The number of nitrogens with two attached hydrogens (primary N) is 1. The van der Waals surface area contributed by atoms with Gasteiger partial charge in [-0.3, -0.25) is 14.4 Å². The molecule has 8 heteroatoms. The number of rotatable bonds is 6. The summed E-state index contributed by atoms with van der Waals surface area (Å²) in [6, 6.07) is 8.69. The van der Waals surface area contributed by atoms with Gasteiger partial charge >= 0.3 is 0 Å². The molecule has 1 fully saturated rings. The Labute approximate surface area is 205 Å². The number of hydrogen-bond donors (Lipinski definition) is 3. The van der Waals surface area contributed by atoms with E-state index in [0.717, 1.165) is 25.7 Å². The van der Waals surface area contributed by atoms with Gasteiger partial charge < -0.3 is 21.3 Å². The summed E-state index contributed by atoms with van der Waals surface area (Å²) in [6.45, 7) is 4.88. The summed E-state index contributed by atoms with van der Waals surface area (Å²) in [5.41, 5.74) is 7.15. The molecule has 0 radical (unpaired) electrons. The molecule has 1 aliphatic heterocycles. The maximum atomic E-state index is 13.7. The van der Waals surface area contributed by atoms with Gasteiger partial charge in [0, 0.05) is 24.6 Å². The summed E-state index contributed by atoms with van der Waals surface area (Å²) in [5, 5.41) is 7.79. The van der Waals surface area contributed by atoms with Gasteiger partial charge in [0.2, 0.25) is 5.91 Å². The third-order valence-electron chi connectivity index (χ3n) is 6.94. The van der Waals surface area contributed by atoms with Crippen molar-refractivity contribution >= 4 is 40.4 Å². The summed E-state index contributed by atoms with van der Waals surface area (Å²) in [6.07, 6.45) is 5.72. The molecule has 7 nitrogen and oxygen atoms in total. The van der Waals surface area contributed by atoms with Gasteiger partial charge in [0.1, 0.15) is 0 Å². The molecule has 0 bridgehead atoms. The predicted octanol–water partition coefficient (Wildman–Crippen LogP) is 4.40. The van der Waals surface area contributed by atoms with E-state index in [1.807, 2.05) is 36.3 Å². The van der Waals surface area contributed by atoms with Crippen LogP contribution in [0.25, 0.3) is 0 Å². The van der Waals surface area contributed by atoms with E-state index in [1.165, 1.54) is 17.8 Å². The number of anilines is 2. The highest BCUT2D eigenvalue weighted by atomic mass is 32.1. The van der Waals surface area contributed by atoms with Gasteiger partial charge in [-0.2, -0.15) is 0 Å². The van der Waals surface area contributed by atoms with Crippen LogP contribution in [-0.4, -0.2) is 36.9 Å². The Kier molecular flexibility index (Phi) is 7.38. The van der Waals surface area contributed by atoms with Gasteiger partial charge in [0.25, 0.3) is 11.8 Å². The van der Waals surface area contributed by atoms with Crippen molar-refractivity contribution < 1.29 is 14.4 Å². The Morgan fingerprint density at radius 1 is 1.21 bits per heavy atom. The van der Waals surface area contributed by atoms with Gasteiger partial charge in [0.15, 0.2) is 0 Å². The van der Waals surface area contributed by atoms with Crippen molar-refractivity contribution in [3.8, 4) is 0 Å². The zero-order valence-electron chi connectivity index (χ0n) is 19.9. The fourth-order valence-electron chi connectivity index (χ4n) is 4.82. The number of amides is 3. The fourth-order valence-corrected chi connectivity index (χ4v) is 5.48. The van der Waals surface area contributed by atoms with Crippen LogP contribution in [-0.2, 0) is 4.79 Å². The first-order valence-electron chi connectivity index (χ1n) is 12.1. The minimum atomic E-state index is -0.234. The van der Waals surface area contributed by atoms with E-state index >= 15 is 0 Å². The van der Waals surface area contributed by atoms with E-state index in [-0.39, 0.29) is 41.5 Å². The van der Waals surface area contributed by atoms with Gasteiger partial charge in [-0.15, -0.1) is 11.3 Å². The highest BCUT2D eigenvalue weighted by Crippen LogP contribution is 2.40. The van der Waals surface area contributed by atoms with Crippen LogP contribution in [0, 0.1) is 11.3 Å². The first kappa shape index (κ1) is 24.4. The average Bonchev–Trinajstić information content (AvgIpc) is 3.33. The van der Waals surface area contributed by atoms with Crippen LogP contribution in [0.2, 0.25) is 0 Å². The van der Waals surface area contributed by atoms with Gasteiger partial charge in [-0.05, 0) is 60.4 Å². The van der Waals surface area contributed by atoms with Gasteiger partial charge in [-0.25, -0.2) is 0 Å². The van der Waals surface area contributed by atoms with Crippen LogP contribution < -0.4 is 21.3 Å². The second kappa shape index (κ2) is 10.3. The standard InChI is InChI=1S/C26H34N4O3S/c1-26(2,15-27)16-28-24(32)18-10-11-20-19(13-18)29-23(31)14-21(17-7-4-3-5-8-17)30(20)25(33)22-9-6-12-34-22/h6,9-13,17,21H,3-5,7-8,14-16,27H2,1-2H3,(H,28,32)(H,29,31). The van der Waals surface area contributed by atoms with E-state index in [0.29, 0.717) is 34.9 Å². The first-order valence-corrected chi connectivity index (χ1v) is 13.0. The van der Waals surface area contributed by atoms with Crippen molar-refractivity contribution in [3.63, 3.8) is 0 Å². The number of carbonyl (C=O) groups is 3. The average molecular weight is 483 g/mol. The fraction of sp³-hybridized carbons (Fsp3) is 0.500. The van der Waals surface area contributed by atoms with Gasteiger partial charge in [-0.1, -0.05) is 39.2 Å². The molecule has 0 spiro atoms. The zero-order chi connectivity index (χ0) is 24.3.